The second kappa shape index (κ2) is 3.14. The van der Waals surface area contributed by atoms with Gasteiger partial charge in [0.2, 0.25) is 0 Å². The molecule has 0 bridgehead atoms. The summed E-state index contributed by atoms with van der Waals surface area (Å²) < 4.78 is 0. The van der Waals surface area contributed by atoms with Gasteiger partial charge in [-0.25, -0.2) is 0 Å². The summed E-state index contributed by atoms with van der Waals surface area (Å²) in [5.74, 6) is 0. The van der Waals surface area contributed by atoms with Gasteiger partial charge >= 0.3 is 0 Å². The van der Waals surface area contributed by atoms with Crippen LogP contribution in [0.2, 0.25) is 0 Å². The van der Waals surface area contributed by atoms with Crippen molar-refractivity contribution in [2.75, 3.05) is 6.54 Å². The van der Waals surface area contributed by atoms with Crippen molar-refractivity contribution in [2.45, 2.75) is 13.0 Å². The Morgan fingerprint density at radius 3 is 3.21 bits per heavy atom. The Hall–Kier alpha value is -0.740. The van der Waals surface area contributed by atoms with Crippen LogP contribution in [0.25, 0.3) is 0 Å². The summed E-state index contributed by atoms with van der Waals surface area (Å²) in [6.45, 7) is 3.16. The van der Waals surface area contributed by atoms with Crippen LogP contribution in [0.1, 0.15) is 17.8 Å². The Kier molecular flexibility index (Phi) is 1.92. The summed E-state index contributed by atoms with van der Waals surface area (Å²) in [6.07, 6.45) is 0. The lowest BCUT2D eigenvalue weighted by atomic mass is 10.2. The molecule has 72 valence electrons. The average Bonchev–Trinajstić information content (AvgIpc) is 2.83. The predicted octanol–water partition coefficient (Wildman–Crippen LogP) is 3.07. The second-order valence-electron chi connectivity index (χ2n) is 3.43. The van der Waals surface area contributed by atoms with E-state index in [1.54, 1.807) is 23.1 Å². The molecule has 0 aromatic carbocycles. The van der Waals surface area contributed by atoms with Gasteiger partial charge in [0.05, 0.1) is 6.54 Å². The highest BCUT2D eigenvalue weighted by Gasteiger charge is 2.30. The van der Waals surface area contributed by atoms with E-state index in [0.717, 1.165) is 6.54 Å². The van der Waals surface area contributed by atoms with Gasteiger partial charge in [0.1, 0.15) is 6.04 Å². The molecule has 4 heteroatoms. The molecule has 0 saturated carbocycles. The molecule has 2 aliphatic heterocycles. The molecule has 3 rings (SSSR count). The van der Waals surface area contributed by atoms with Crippen molar-refractivity contribution in [3.05, 3.63) is 33.5 Å². The van der Waals surface area contributed by atoms with Crippen molar-refractivity contribution in [3.8, 4) is 0 Å². The van der Waals surface area contributed by atoms with Gasteiger partial charge in [-0.1, -0.05) is 17.8 Å². The summed E-state index contributed by atoms with van der Waals surface area (Å²) in [5.41, 5.74) is 1.33. The molecule has 0 radical (unpaired) electrons. The molecule has 14 heavy (non-hydrogen) atoms. The number of amidine groups is 1. The van der Waals surface area contributed by atoms with E-state index in [0.29, 0.717) is 6.04 Å². The van der Waals surface area contributed by atoms with Crippen LogP contribution in [-0.2, 0) is 0 Å². The van der Waals surface area contributed by atoms with Gasteiger partial charge < -0.3 is 4.90 Å². The van der Waals surface area contributed by atoms with Crippen molar-refractivity contribution in [2.24, 2.45) is 4.99 Å². The smallest absolute Gasteiger partial charge is 0.168 e. The lowest BCUT2D eigenvalue weighted by molar-refractivity contribution is 0.526. The zero-order chi connectivity index (χ0) is 9.54. The molecule has 0 saturated heterocycles. The van der Waals surface area contributed by atoms with Gasteiger partial charge in [-0.15, -0.1) is 11.3 Å². The van der Waals surface area contributed by atoms with Gasteiger partial charge in [-0.3, -0.25) is 4.99 Å². The van der Waals surface area contributed by atoms with Crippen LogP contribution in [0.4, 0.5) is 0 Å². The predicted molar refractivity (Wildman–Crippen MR) is 62.5 cm³/mol. The maximum atomic E-state index is 4.71. The van der Waals surface area contributed by atoms with E-state index in [4.69, 9.17) is 4.99 Å². The molecule has 1 unspecified atom stereocenters. The quantitative estimate of drug-likeness (QED) is 0.725. The van der Waals surface area contributed by atoms with Crippen molar-refractivity contribution in [1.82, 2.24) is 4.90 Å². The molecule has 0 fully saturated rings. The number of fused-ring (bicyclic) bond motifs is 1. The molecule has 3 heterocycles. The molecule has 0 aliphatic carbocycles. The molecule has 0 amide bonds. The summed E-state index contributed by atoms with van der Waals surface area (Å²) in [6, 6.07) is 4.63. The van der Waals surface area contributed by atoms with Crippen molar-refractivity contribution in [1.29, 1.82) is 0 Å². The van der Waals surface area contributed by atoms with Crippen LogP contribution >= 0.6 is 23.1 Å². The van der Waals surface area contributed by atoms with Crippen LogP contribution in [0.3, 0.4) is 0 Å². The minimum absolute atomic E-state index is 0.362. The first-order valence-electron chi connectivity index (χ1n) is 4.57. The summed E-state index contributed by atoms with van der Waals surface area (Å²) >= 11 is 3.54. The van der Waals surface area contributed by atoms with Crippen molar-refractivity contribution >= 4 is 28.3 Å². The Bertz CT molecular complexity index is 406. The first-order valence-corrected chi connectivity index (χ1v) is 6.33. The van der Waals surface area contributed by atoms with E-state index in [2.05, 4.69) is 34.7 Å². The zero-order valence-electron chi connectivity index (χ0n) is 7.80. The van der Waals surface area contributed by atoms with E-state index in [9.17, 15) is 0 Å². The molecule has 1 aromatic heterocycles. The molecule has 2 aliphatic rings. The number of thiophene rings is 1. The highest BCUT2D eigenvalue weighted by Crippen LogP contribution is 2.37. The molecular weight excluding hydrogens is 212 g/mol. The number of nitrogens with zero attached hydrogens (tertiary/aromatic N) is 2. The summed E-state index contributed by atoms with van der Waals surface area (Å²) in [5, 5.41) is 5.46. The van der Waals surface area contributed by atoms with Gasteiger partial charge in [-0.05, 0) is 23.8 Å². The highest BCUT2D eigenvalue weighted by molar-refractivity contribution is 8.16. The van der Waals surface area contributed by atoms with Crippen LogP contribution in [0, 0.1) is 0 Å². The normalized spacial score (nSPS) is 24.9. The number of hydrogen-bond donors (Lipinski definition) is 0. The van der Waals surface area contributed by atoms with E-state index in [1.807, 2.05) is 0 Å². The lowest BCUT2D eigenvalue weighted by Crippen LogP contribution is -2.19. The highest BCUT2D eigenvalue weighted by atomic mass is 32.2. The minimum atomic E-state index is 0.362. The Morgan fingerprint density at radius 2 is 2.50 bits per heavy atom. The Morgan fingerprint density at radius 1 is 1.57 bits per heavy atom. The van der Waals surface area contributed by atoms with Gasteiger partial charge in [0, 0.05) is 10.6 Å². The van der Waals surface area contributed by atoms with Crippen LogP contribution in [0.5, 0.6) is 0 Å². The second-order valence-corrected chi connectivity index (χ2v) is 5.25. The molecule has 0 N–H and O–H groups in total. The third-order valence-corrected chi connectivity index (χ3v) is 4.45. The molecular formula is C10H10N2S2. The molecule has 1 atom stereocenters. The maximum Gasteiger partial charge on any atom is 0.168 e. The van der Waals surface area contributed by atoms with E-state index in [1.165, 1.54) is 15.7 Å². The standard InChI is InChI=1S/C10H10N2S2/c1-7-6-14-10-11-8(5-12(7)10)9-3-2-4-13-9/h2-4,6,8H,5H2,1H3. The van der Waals surface area contributed by atoms with Crippen LogP contribution < -0.4 is 0 Å². The minimum Gasteiger partial charge on any atom is -0.322 e. The molecule has 2 nitrogen and oxygen atoms in total. The Labute approximate surface area is 91.3 Å². The molecule has 0 spiro atoms. The maximum absolute atomic E-state index is 4.71. The fourth-order valence-electron chi connectivity index (χ4n) is 1.72. The number of thioether (sulfide) groups is 1. The summed E-state index contributed by atoms with van der Waals surface area (Å²) in [4.78, 5) is 8.38. The zero-order valence-corrected chi connectivity index (χ0v) is 9.44. The van der Waals surface area contributed by atoms with Crippen LogP contribution in [-0.4, -0.2) is 16.6 Å². The SMILES string of the molecule is CC1=CSC2=NC(c3cccs3)CN12. The van der Waals surface area contributed by atoms with Crippen LogP contribution in [0.15, 0.2) is 33.6 Å². The van der Waals surface area contributed by atoms with E-state index in [-0.39, 0.29) is 0 Å². The lowest BCUT2D eigenvalue weighted by Gasteiger charge is -2.14. The number of hydrogen-bond acceptors (Lipinski definition) is 4. The largest absolute Gasteiger partial charge is 0.322 e. The first kappa shape index (κ1) is 8.56. The Balaban J connectivity index is 1.87. The van der Waals surface area contributed by atoms with E-state index >= 15 is 0 Å². The van der Waals surface area contributed by atoms with Gasteiger partial charge in [0.15, 0.2) is 5.17 Å². The first-order chi connectivity index (χ1) is 6.84. The fraction of sp³-hybridized carbons (Fsp3) is 0.300. The van der Waals surface area contributed by atoms with Crippen molar-refractivity contribution < 1.29 is 0 Å². The third-order valence-electron chi connectivity index (χ3n) is 2.48. The van der Waals surface area contributed by atoms with Gasteiger partial charge in [0.25, 0.3) is 0 Å². The number of allylic oxidation sites excluding steroid dienone is 1. The monoisotopic (exact) mass is 222 g/mol. The van der Waals surface area contributed by atoms with Gasteiger partial charge in [-0.2, -0.15) is 0 Å². The topological polar surface area (TPSA) is 15.6 Å². The number of aliphatic imine (C=N–C) groups is 1. The van der Waals surface area contributed by atoms with E-state index < -0.39 is 0 Å². The third kappa shape index (κ3) is 1.21. The summed E-state index contributed by atoms with van der Waals surface area (Å²) in [7, 11) is 0. The average molecular weight is 222 g/mol. The molecule has 1 aromatic rings. The number of rotatable bonds is 1. The fourth-order valence-corrected chi connectivity index (χ4v) is 3.41. The van der Waals surface area contributed by atoms with Crippen molar-refractivity contribution in [3.63, 3.8) is 0 Å².